The van der Waals surface area contributed by atoms with Crippen LogP contribution in [0.4, 0.5) is 0 Å². The van der Waals surface area contributed by atoms with E-state index in [0.29, 0.717) is 0 Å². The van der Waals surface area contributed by atoms with Crippen molar-refractivity contribution in [1.82, 2.24) is 5.32 Å². The van der Waals surface area contributed by atoms with Gasteiger partial charge in [0.2, 0.25) is 0 Å². The SMILES string of the molecule is C(CP(c1ccccc1)c1ccccc1)=N[C@H](CNCCP(c1ccccc1)c1ccccc1)c1ccccc1. The van der Waals surface area contributed by atoms with Crippen molar-refractivity contribution in [2.24, 2.45) is 4.99 Å². The first-order chi connectivity index (χ1) is 19.9. The summed E-state index contributed by atoms with van der Waals surface area (Å²) >= 11 is 0. The van der Waals surface area contributed by atoms with Crippen molar-refractivity contribution in [1.29, 1.82) is 0 Å². The third-order valence-electron chi connectivity index (χ3n) is 6.86. The summed E-state index contributed by atoms with van der Waals surface area (Å²) in [4.78, 5) is 5.15. The van der Waals surface area contributed by atoms with E-state index in [-0.39, 0.29) is 6.04 Å². The zero-order valence-electron chi connectivity index (χ0n) is 22.8. The summed E-state index contributed by atoms with van der Waals surface area (Å²) in [5.41, 5.74) is 1.25. The maximum atomic E-state index is 5.15. The quantitative estimate of drug-likeness (QED) is 0.0977. The summed E-state index contributed by atoms with van der Waals surface area (Å²) in [6.07, 6.45) is 4.20. The molecule has 1 N–H and O–H groups in total. The average molecular weight is 559 g/mol. The highest BCUT2D eigenvalue weighted by atomic mass is 31.1. The van der Waals surface area contributed by atoms with E-state index in [1.165, 1.54) is 26.8 Å². The van der Waals surface area contributed by atoms with E-state index in [2.05, 4.69) is 163 Å². The summed E-state index contributed by atoms with van der Waals surface area (Å²) < 4.78 is 0. The van der Waals surface area contributed by atoms with Gasteiger partial charge in [-0.25, -0.2) is 0 Å². The van der Waals surface area contributed by atoms with Crippen LogP contribution in [0.15, 0.2) is 157 Å². The molecule has 0 radical (unpaired) electrons. The Labute approximate surface area is 241 Å². The number of hydrogen-bond donors (Lipinski definition) is 1. The molecule has 200 valence electrons. The van der Waals surface area contributed by atoms with Crippen molar-refractivity contribution in [3.63, 3.8) is 0 Å². The standard InChI is InChI=1S/C36H36N2P2/c1-6-16-31(17-7-1)36(38-27-29-40(34-22-12-4-13-23-34)35-24-14-5-15-25-35)30-37-26-28-39(32-18-8-2-9-19-32)33-20-10-3-11-21-33/h1-25,27,36-37H,26,28-30H2/t36-/m1/s1. The van der Waals surface area contributed by atoms with Crippen LogP contribution in [0.2, 0.25) is 0 Å². The third-order valence-corrected chi connectivity index (χ3v) is 11.7. The Morgan fingerprint density at radius 1 is 0.525 bits per heavy atom. The van der Waals surface area contributed by atoms with Gasteiger partial charge in [-0.3, -0.25) is 4.99 Å². The maximum absolute atomic E-state index is 5.15. The minimum absolute atomic E-state index is 0.0873. The van der Waals surface area contributed by atoms with Crippen LogP contribution < -0.4 is 26.5 Å². The van der Waals surface area contributed by atoms with Gasteiger partial charge in [0.05, 0.1) is 6.04 Å². The Bertz CT molecular complexity index is 1330. The summed E-state index contributed by atoms with van der Waals surface area (Å²) in [6.45, 7) is 1.77. The lowest BCUT2D eigenvalue weighted by atomic mass is 10.1. The fourth-order valence-corrected chi connectivity index (χ4v) is 9.12. The maximum Gasteiger partial charge on any atom is 0.0869 e. The number of rotatable bonds is 13. The van der Waals surface area contributed by atoms with Crippen molar-refractivity contribution < 1.29 is 0 Å². The Balaban J connectivity index is 1.27. The third kappa shape index (κ3) is 8.06. The number of nitrogens with one attached hydrogen (secondary N) is 1. The minimum Gasteiger partial charge on any atom is -0.314 e. The molecule has 0 unspecified atom stereocenters. The van der Waals surface area contributed by atoms with Crippen LogP contribution in [0.1, 0.15) is 11.6 Å². The van der Waals surface area contributed by atoms with E-state index >= 15 is 0 Å². The van der Waals surface area contributed by atoms with Gasteiger partial charge < -0.3 is 5.32 Å². The number of hydrogen-bond acceptors (Lipinski definition) is 2. The minimum atomic E-state index is -0.494. The van der Waals surface area contributed by atoms with Crippen molar-refractivity contribution in [2.75, 3.05) is 25.4 Å². The molecule has 0 fully saturated rings. The van der Waals surface area contributed by atoms with Gasteiger partial charge in [-0.2, -0.15) is 0 Å². The van der Waals surface area contributed by atoms with Gasteiger partial charge >= 0.3 is 0 Å². The summed E-state index contributed by atoms with van der Waals surface area (Å²) in [6, 6.07) is 54.4. The summed E-state index contributed by atoms with van der Waals surface area (Å²) in [7, 11) is -0.899. The second-order valence-corrected chi connectivity index (χ2v) is 14.2. The van der Waals surface area contributed by atoms with Gasteiger partial charge in [-0.05, 0) is 55.3 Å². The molecule has 4 heteroatoms. The fraction of sp³-hybridized carbons (Fsp3) is 0.139. The molecule has 40 heavy (non-hydrogen) atoms. The first kappa shape index (κ1) is 28.1. The molecule has 5 rings (SSSR count). The lowest BCUT2D eigenvalue weighted by Gasteiger charge is -2.20. The topological polar surface area (TPSA) is 24.4 Å². The van der Waals surface area contributed by atoms with Crippen LogP contribution in [0.25, 0.3) is 0 Å². The van der Waals surface area contributed by atoms with Gasteiger partial charge in [0.1, 0.15) is 0 Å². The fourth-order valence-electron chi connectivity index (χ4n) is 4.82. The monoisotopic (exact) mass is 558 g/mol. The zero-order chi connectivity index (χ0) is 27.2. The lowest BCUT2D eigenvalue weighted by Crippen LogP contribution is -2.26. The molecule has 0 amide bonds. The van der Waals surface area contributed by atoms with Crippen molar-refractivity contribution in [3.8, 4) is 0 Å². The molecule has 0 aliphatic rings. The summed E-state index contributed by atoms with van der Waals surface area (Å²) in [5, 5.41) is 9.40. The molecule has 0 bridgehead atoms. The zero-order valence-corrected chi connectivity index (χ0v) is 24.5. The summed E-state index contributed by atoms with van der Waals surface area (Å²) in [5.74, 6) is 0. The van der Waals surface area contributed by atoms with E-state index in [1.807, 2.05) is 0 Å². The molecule has 0 aromatic heterocycles. The van der Waals surface area contributed by atoms with Crippen LogP contribution in [-0.4, -0.2) is 31.6 Å². The van der Waals surface area contributed by atoms with Crippen LogP contribution in [0.5, 0.6) is 0 Å². The van der Waals surface area contributed by atoms with Crippen LogP contribution in [0, 0.1) is 0 Å². The molecular formula is C36H36N2P2. The Morgan fingerprint density at radius 3 is 1.38 bits per heavy atom. The second kappa shape index (κ2) is 15.4. The van der Waals surface area contributed by atoms with E-state index in [0.717, 1.165) is 25.4 Å². The van der Waals surface area contributed by atoms with Gasteiger partial charge in [0, 0.05) is 18.9 Å². The molecule has 5 aromatic carbocycles. The van der Waals surface area contributed by atoms with Gasteiger partial charge in [0.25, 0.3) is 0 Å². The Kier molecular flexibility index (Phi) is 10.8. The van der Waals surface area contributed by atoms with Crippen molar-refractivity contribution in [3.05, 3.63) is 157 Å². The molecule has 0 saturated carbocycles. The van der Waals surface area contributed by atoms with Crippen LogP contribution in [0.3, 0.4) is 0 Å². The molecule has 0 aliphatic heterocycles. The van der Waals surface area contributed by atoms with Crippen LogP contribution >= 0.6 is 15.8 Å². The number of nitrogens with zero attached hydrogens (tertiary/aromatic N) is 1. The highest BCUT2D eigenvalue weighted by Crippen LogP contribution is 2.33. The largest absolute Gasteiger partial charge is 0.314 e. The molecule has 0 spiro atoms. The number of aliphatic imine (C=N–C) groups is 1. The predicted octanol–water partition coefficient (Wildman–Crippen LogP) is 6.65. The van der Waals surface area contributed by atoms with Gasteiger partial charge in [-0.1, -0.05) is 152 Å². The van der Waals surface area contributed by atoms with Crippen LogP contribution in [-0.2, 0) is 0 Å². The van der Waals surface area contributed by atoms with Gasteiger partial charge in [-0.15, -0.1) is 0 Å². The lowest BCUT2D eigenvalue weighted by molar-refractivity contribution is 0.621. The van der Waals surface area contributed by atoms with Gasteiger partial charge in [0.15, 0.2) is 0 Å². The predicted molar refractivity (Wildman–Crippen MR) is 178 cm³/mol. The van der Waals surface area contributed by atoms with E-state index in [9.17, 15) is 0 Å². The average Bonchev–Trinajstić information content (AvgIpc) is 3.04. The molecule has 0 aliphatic carbocycles. The first-order valence-corrected chi connectivity index (χ1v) is 17.0. The molecular weight excluding hydrogens is 522 g/mol. The normalized spacial score (nSPS) is 12.2. The molecule has 1 atom stereocenters. The van der Waals surface area contributed by atoms with Crippen molar-refractivity contribution >= 4 is 43.3 Å². The molecule has 0 saturated heterocycles. The highest BCUT2D eigenvalue weighted by molar-refractivity contribution is 7.73. The molecule has 5 aromatic rings. The van der Waals surface area contributed by atoms with Crippen molar-refractivity contribution in [2.45, 2.75) is 6.04 Å². The second-order valence-electron chi connectivity index (χ2n) is 9.57. The smallest absolute Gasteiger partial charge is 0.0869 e. The first-order valence-electron chi connectivity index (χ1n) is 13.9. The van der Waals surface area contributed by atoms with E-state index in [1.54, 1.807) is 0 Å². The molecule has 2 nitrogen and oxygen atoms in total. The molecule has 0 heterocycles. The Hall–Kier alpha value is -3.41. The highest BCUT2D eigenvalue weighted by Gasteiger charge is 2.15. The van der Waals surface area contributed by atoms with E-state index in [4.69, 9.17) is 4.99 Å². The number of benzene rings is 5. The van der Waals surface area contributed by atoms with E-state index < -0.39 is 15.8 Å². The Morgan fingerprint density at radius 2 is 0.925 bits per heavy atom.